The number of amides is 1. The van der Waals surface area contributed by atoms with E-state index in [0.29, 0.717) is 5.56 Å². The predicted octanol–water partition coefficient (Wildman–Crippen LogP) is 1.14. The standard InChI is InChI=1S/C15H13NO3/c17-14-11-9-6-7-10(12(11)16-14)13(9)19-15(18)8-4-2-1-3-5-8/h1-7,9-13H,(H,16,17)/t9-,10+,11+,12+,13+/m0/s1. The fraction of sp³-hybridized carbons (Fsp3) is 0.333. The van der Waals surface area contributed by atoms with Crippen molar-refractivity contribution in [2.24, 2.45) is 17.8 Å². The van der Waals surface area contributed by atoms with Crippen molar-refractivity contribution in [3.8, 4) is 0 Å². The van der Waals surface area contributed by atoms with Crippen LogP contribution in [-0.2, 0) is 9.53 Å². The van der Waals surface area contributed by atoms with E-state index >= 15 is 0 Å². The Balaban J connectivity index is 1.53. The van der Waals surface area contributed by atoms with E-state index in [1.165, 1.54) is 0 Å². The van der Waals surface area contributed by atoms with Gasteiger partial charge in [0.2, 0.25) is 5.91 Å². The minimum absolute atomic E-state index is 0.00331. The molecular formula is C15H13NO3. The SMILES string of the molecule is O=C(O[C@H]1[C@@H]2C=C[C@H]1[C@H]1C(=O)N[C@H]21)c1ccccc1. The van der Waals surface area contributed by atoms with Crippen LogP contribution in [0, 0.1) is 17.8 Å². The zero-order chi connectivity index (χ0) is 13.0. The van der Waals surface area contributed by atoms with Crippen molar-refractivity contribution < 1.29 is 14.3 Å². The topological polar surface area (TPSA) is 55.4 Å². The molecule has 4 heteroatoms. The van der Waals surface area contributed by atoms with Crippen LogP contribution in [0.15, 0.2) is 42.5 Å². The number of fused-ring (bicyclic) bond motifs is 5. The summed E-state index contributed by atoms with van der Waals surface area (Å²) in [5, 5.41) is 2.90. The zero-order valence-electron chi connectivity index (χ0n) is 10.2. The Bertz CT molecular complexity index is 580. The molecule has 5 atom stereocenters. The fourth-order valence-corrected chi connectivity index (χ4v) is 3.47. The third-order valence-corrected chi connectivity index (χ3v) is 4.39. The number of carbonyl (C=O) groups is 2. The van der Waals surface area contributed by atoms with Crippen LogP contribution in [0.5, 0.6) is 0 Å². The van der Waals surface area contributed by atoms with Crippen molar-refractivity contribution in [2.75, 3.05) is 0 Å². The molecule has 96 valence electrons. The lowest BCUT2D eigenvalue weighted by Gasteiger charge is -2.36. The number of β-lactam (4-membered cyclic amide) rings is 1. The smallest absolute Gasteiger partial charge is 0.338 e. The van der Waals surface area contributed by atoms with Gasteiger partial charge in [0.05, 0.1) is 17.5 Å². The van der Waals surface area contributed by atoms with Gasteiger partial charge in [-0.2, -0.15) is 0 Å². The summed E-state index contributed by atoms with van der Waals surface area (Å²) in [4.78, 5) is 23.6. The molecular weight excluding hydrogens is 242 g/mol. The molecule has 2 aliphatic carbocycles. The molecule has 0 spiro atoms. The lowest BCUT2D eigenvalue weighted by molar-refractivity contribution is -0.135. The normalized spacial score (nSPS) is 37.5. The quantitative estimate of drug-likeness (QED) is 0.490. The molecule has 1 N–H and O–H groups in total. The molecule has 1 aromatic rings. The Labute approximate surface area is 110 Å². The summed E-state index contributed by atoms with van der Waals surface area (Å²) in [6.07, 6.45) is 3.89. The van der Waals surface area contributed by atoms with Crippen LogP contribution in [0.2, 0.25) is 0 Å². The first-order valence-corrected chi connectivity index (χ1v) is 6.50. The van der Waals surface area contributed by atoms with Crippen LogP contribution in [-0.4, -0.2) is 24.0 Å². The van der Waals surface area contributed by atoms with Gasteiger partial charge in [-0.25, -0.2) is 4.79 Å². The Hall–Kier alpha value is -2.10. The second-order valence-corrected chi connectivity index (χ2v) is 5.34. The first kappa shape index (κ1) is 10.8. The number of hydrogen-bond donors (Lipinski definition) is 1. The van der Waals surface area contributed by atoms with Crippen LogP contribution < -0.4 is 5.32 Å². The van der Waals surface area contributed by atoms with Crippen molar-refractivity contribution >= 4 is 11.9 Å². The summed E-state index contributed by atoms with van der Waals surface area (Å²) in [5.74, 6) is -0.0268. The van der Waals surface area contributed by atoms with Gasteiger partial charge in [-0.3, -0.25) is 4.79 Å². The summed E-state index contributed by atoms with van der Waals surface area (Å²) in [7, 11) is 0. The van der Waals surface area contributed by atoms with Gasteiger partial charge in [0.15, 0.2) is 0 Å². The Morgan fingerprint density at radius 3 is 2.53 bits per heavy atom. The minimum Gasteiger partial charge on any atom is -0.457 e. The first-order valence-electron chi connectivity index (χ1n) is 6.50. The van der Waals surface area contributed by atoms with Crippen molar-refractivity contribution in [3.63, 3.8) is 0 Å². The first-order chi connectivity index (χ1) is 9.25. The highest BCUT2D eigenvalue weighted by atomic mass is 16.5. The molecule has 1 saturated heterocycles. The van der Waals surface area contributed by atoms with Gasteiger partial charge in [-0.05, 0) is 12.1 Å². The molecule has 0 radical (unpaired) electrons. The number of esters is 1. The van der Waals surface area contributed by atoms with Crippen LogP contribution in [0.25, 0.3) is 0 Å². The molecule has 2 bridgehead atoms. The van der Waals surface area contributed by atoms with E-state index in [1.54, 1.807) is 12.1 Å². The van der Waals surface area contributed by atoms with E-state index in [1.807, 2.05) is 24.3 Å². The summed E-state index contributed by atoms with van der Waals surface area (Å²) < 4.78 is 5.62. The summed E-state index contributed by atoms with van der Waals surface area (Å²) in [6.45, 7) is 0. The van der Waals surface area contributed by atoms with E-state index < -0.39 is 0 Å². The molecule has 4 nitrogen and oxygen atoms in total. The number of rotatable bonds is 2. The van der Waals surface area contributed by atoms with E-state index in [2.05, 4.69) is 11.4 Å². The van der Waals surface area contributed by atoms with Crippen molar-refractivity contribution in [3.05, 3.63) is 48.0 Å². The van der Waals surface area contributed by atoms with E-state index in [-0.39, 0.29) is 41.8 Å². The van der Waals surface area contributed by atoms with Gasteiger partial charge in [-0.15, -0.1) is 0 Å². The highest BCUT2D eigenvalue weighted by Crippen LogP contribution is 2.49. The molecule has 1 amide bonds. The third kappa shape index (κ3) is 1.40. The average Bonchev–Trinajstić information content (AvgIpc) is 2.90. The third-order valence-electron chi connectivity index (χ3n) is 4.39. The minimum atomic E-state index is -0.307. The van der Waals surface area contributed by atoms with Crippen LogP contribution >= 0.6 is 0 Å². The van der Waals surface area contributed by atoms with Crippen molar-refractivity contribution in [1.82, 2.24) is 5.32 Å². The summed E-state index contributed by atoms with van der Waals surface area (Å²) in [6, 6.07) is 9.13. The number of benzene rings is 1. The van der Waals surface area contributed by atoms with Crippen LogP contribution in [0.3, 0.4) is 0 Å². The summed E-state index contributed by atoms with van der Waals surface area (Å²) >= 11 is 0. The van der Waals surface area contributed by atoms with E-state index in [9.17, 15) is 9.59 Å². The van der Waals surface area contributed by atoms with Gasteiger partial charge >= 0.3 is 5.97 Å². The number of nitrogens with one attached hydrogen (secondary N) is 1. The zero-order valence-corrected chi connectivity index (χ0v) is 10.2. The van der Waals surface area contributed by atoms with Gasteiger partial charge in [0, 0.05) is 11.8 Å². The summed E-state index contributed by atoms with van der Waals surface area (Å²) in [5.41, 5.74) is 0.556. The average molecular weight is 255 g/mol. The Morgan fingerprint density at radius 2 is 1.84 bits per heavy atom. The predicted molar refractivity (Wildman–Crippen MR) is 67.2 cm³/mol. The molecule has 0 aromatic heterocycles. The molecule has 2 fully saturated rings. The van der Waals surface area contributed by atoms with Gasteiger partial charge < -0.3 is 10.1 Å². The number of carbonyl (C=O) groups excluding carboxylic acids is 2. The molecule has 19 heavy (non-hydrogen) atoms. The maximum Gasteiger partial charge on any atom is 0.338 e. The molecule has 3 aliphatic rings. The maximum absolute atomic E-state index is 12.1. The molecule has 1 aliphatic heterocycles. The van der Waals surface area contributed by atoms with E-state index in [4.69, 9.17) is 4.74 Å². The molecule has 1 aromatic carbocycles. The Morgan fingerprint density at radius 1 is 1.11 bits per heavy atom. The van der Waals surface area contributed by atoms with Gasteiger partial charge in [0.1, 0.15) is 6.10 Å². The second kappa shape index (κ2) is 3.70. The van der Waals surface area contributed by atoms with Gasteiger partial charge in [-0.1, -0.05) is 30.4 Å². The molecule has 4 rings (SSSR count). The van der Waals surface area contributed by atoms with Crippen molar-refractivity contribution in [2.45, 2.75) is 12.1 Å². The largest absolute Gasteiger partial charge is 0.457 e. The Kier molecular flexibility index (Phi) is 2.10. The van der Waals surface area contributed by atoms with Gasteiger partial charge in [0.25, 0.3) is 0 Å². The van der Waals surface area contributed by atoms with E-state index in [0.717, 1.165) is 0 Å². The number of ether oxygens (including phenoxy) is 1. The van der Waals surface area contributed by atoms with Crippen LogP contribution in [0.4, 0.5) is 0 Å². The molecule has 1 saturated carbocycles. The monoisotopic (exact) mass is 255 g/mol. The molecule has 0 unspecified atom stereocenters. The van der Waals surface area contributed by atoms with Crippen molar-refractivity contribution in [1.29, 1.82) is 0 Å². The maximum atomic E-state index is 12.1. The fourth-order valence-electron chi connectivity index (χ4n) is 3.47. The number of hydrogen-bond acceptors (Lipinski definition) is 3. The highest BCUT2D eigenvalue weighted by molar-refractivity contribution is 5.90. The lowest BCUT2D eigenvalue weighted by atomic mass is 9.82. The van der Waals surface area contributed by atoms with Crippen LogP contribution in [0.1, 0.15) is 10.4 Å². The molecule has 1 heterocycles. The lowest BCUT2D eigenvalue weighted by Crippen LogP contribution is -2.59. The second-order valence-electron chi connectivity index (χ2n) is 5.34. The highest BCUT2D eigenvalue weighted by Gasteiger charge is 2.62.